The average Bonchev–Trinajstić information content (AvgIpc) is 1.74. The van der Waals surface area contributed by atoms with Crippen molar-refractivity contribution in [3.05, 3.63) is 202 Å². The Morgan fingerprint density at radius 2 is 1.21 bits per heavy atom. The van der Waals surface area contributed by atoms with Crippen molar-refractivity contribution in [3.8, 4) is 22.8 Å². The van der Waals surface area contributed by atoms with Gasteiger partial charge in [-0.25, -0.2) is 57.1 Å². The second kappa shape index (κ2) is 28.8. The van der Waals surface area contributed by atoms with Crippen molar-refractivity contribution in [2.45, 2.75) is 31.1 Å². The number of urea groups is 2. The average molecular weight is 1440 g/mol. The summed E-state index contributed by atoms with van der Waals surface area (Å²) in [6.45, 7) is 5.68. The molecule has 4 amide bonds. The molecule has 4 fully saturated rings. The van der Waals surface area contributed by atoms with E-state index in [4.69, 9.17) is 57.5 Å². The number of aromatic nitrogens is 5. The van der Waals surface area contributed by atoms with Gasteiger partial charge in [0, 0.05) is 149 Å². The normalized spacial score (nSPS) is 19.4. The van der Waals surface area contributed by atoms with Gasteiger partial charge in [0.25, 0.3) is 0 Å². The fraction of sp³-hybridized carbons (Fsp3) is 0.258. The zero-order chi connectivity index (χ0) is 69.3. The van der Waals surface area contributed by atoms with Gasteiger partial charge >= 0.3 is 30.0 Å². The maximum Gasteiger partial charge on any atom is 0.338 e. The lowest BCUT2D eigenvalue weighted by molar-refractivity contribution is -0.137. The van der Waals surface area contributed by atoms with Crippen LogP contribution in [0.2, 0.25) is 10.0 Å². The summed E-state index contributed by atoms with van der Waals surface area (Å²) in [5.41, 5.74) is 4.06. The first-order valence-corrected chi connectivity index (χ1v) is 33.9. The number of carboxylic acid groups (broad SMARTS) is 1. The number of hydrogen-bond acceptors (Lipinski definition) is 23. The summed E-state index contributed by atoms with van der Waals surface area (Å²) in [6, 6.07) is 13.5. The van der Waals surface area contributed by atoms with Crippen molar-refractivity contribution in [2.75, 3.05) is 89.5 Å². The smallest absolute Gasteiger partial charge is 0.338 e. The lowest BCUT2D eigenvalue weighted by atomic mass is 9.95. The van der Waals surface area contributed by atoms with E-state index in [0.29, 0.717) is 131 Å². The first kappa shape index (κ1) is 67.5. The molecule has 33 heteroatoms. The monoisotopic (exact) mass is 1440 g/mol. The quantitative estimate of drug-likeness (QED) is 0.0564. The number of ketones is 1. The number of fused-ring (bicyclic) bond motifs is 2. The van der Waals surface area contributed by atoms with Crippen molar-refractivity contribution in [1.29, 1.82) is 0 Å². The molecule has 99 heavy (non-hydrogen) atoms. The molecule has 0 saturated carbocycles. The maximum absolute atomic E-state index is 14.5. The molecule has 4 saturated heterocycles. The molecule has 0 unspecified atom stereocenters. The second-order valence-corrected chi connectivity index (χ2v) is 26.6. The highest BCUT2D eigenvalue weighted by molar-refractivity contribution is 7.14. The largest absolute Gasteiger partial charge is 0.478 e. The van der Waals surface area contributed by atoms with E-state index in [1.54, 1.807) is 39.8 Å². The Labute approximate surface area is 584 Å². The molecule has 0 spiro atoms. The predicted molar refractivity (Wildman–Crippen MR) is 362 cm³/mol. The number of ether oxygens (including phenoxy) is 3. The minimum Gasteiger partial charge on any atom is -0.478 e. The summed E-state index contributed by atoms with van der Waals surface area (Å²) >= 11 is 17.1. The molecule has 11 heterocycles. The number of benzene rings is 3. The number of aromatic carboxylic acids is 1. The van der Waals surface area contributed by atoms with Gasteiger partial charge in [0.15, 0.2) is 44.2 Å². The molecule has 8 aromatic rings. The topological polar surface area (TPSA) is 283 Å². The number of rotatable bonds is 17. The molecule has 0 aliphatic carbocycles. The number of anilines is 2. The van der Waals surface area contributed by atoms with Crippen LogP contribution in [0.15, 0.2) is 152 Å². The van der Waals surface area contributed by atoms with Crippen molar-refractivity contribution in [1.82, 2.24) is 55.2 Å². The summed E-state index contributed by atoms with van der Waals surface area (Å²) in [7, 11) is 2.57. The molecular weight excluding hydrogens is 1390 g/mol. The van der Waals surface area contributed by atoms with E-state index < -0.39 is 47.4 Å². The standard InChI is InChI=1S/C34H28ClF2N7O6S.C32H28ClFN8O4S2/c1-49-33(47)28-25(40-30(31-39-8-11-51-31)41-29(28)22-4-3-19(36)13-23(22)35)17-42-9-10-43-20(15-42)16-44(34(43)48)27-14-21(6-7-38-27)50-26-5-2-18(32(45)46)12-24(26)37;1-17(43)18-9-19(12-35-11-18)25-16-48-31(38-25)42-14-21-13-40(6-7-41(21)32(42)45)15-24-26(30(44)46-2)27(22-4-3-20(34)10-23(22)33)39-28(37-24)29-36-5-8-47-29/h2-8,11-14,20,29H,9-10,15-17H2,1H3,(H,40,41)(H,45,46);3-5,8-12,16,21,27H,6-7,13-15H2,1-2H3,(H,37,39)/t20-,29-;21-,27-/m00/s1. The molecule has 3 N–H and O–H groups in total. The molecule has 508 valence electrons. The van der Waals surface area contributed by atoms with Crippen LogP contribution in [0.5, 0.6) is 11.5 Å². The van der Waals surface area contributed by atoms with Gasteiger partial charge in [-0.1, -0.05) is 35.3 Å². The highest BCUT2D eigenvalue weighted by Gasteiger charge is 2.45. The molecule has 4 atom stereocenters. The molecule has 0 bridgehead atoms. The van der Waals surface area contributed by atoms with Gasteiger partial charge in [0.05, 0.1) is 61.8 Å². The second-order valence-electron chi connectivity index (χ2n) is 23.2. The number of amidine groups is 2. The van der Waals surface area contributed by atoms with Gasteiger partial charge in [-0.2, -0.15) is 0 Å². The minimum atomic E-state index is -1.27. The third kappa shape index (κ3) is 14.2. The molecule has 14 rings (SSSR count). The highest BCUT2D eigenvalue weighted by Crippen LogP contribution is 2.41. The van der Waals surface area contributed by atoms with E-state index in [1.165, 1.54) is 133 Å². The van der Waals surface area contributed by atoms with E-state index >= 15 is 0 Å². The number of amides is 4. The molecule has 25 nitrogen and oxygen atoms in total. The zero-order valence-corrected chi connectivity index (χ0v) is 56.4. The van der Waals surface area contributed by atoms with Crippen LogP contribution < -0.4 is 25.2 Å². The van der Waals surface area contributed by atoms with Crippen LogP contribution in [0, 0.1) is 17.5 Å². The summed E-state index contributed by atoms with van der Waals surface area (Å²) in [4.78, 5) is 119. The van der Waals surface area contributed by atoms with E-state index in [2.05, 4.69) is 40.4 Å². The van der Waals surface area contributed by atoms with Crippen molar-refractivity contribution in [3.63, 3.8) is 0 Å². The minimum absolute atomic E-state index is 0.0877. The third-order valence-corrected chi connectivity index (χ3v) is 20.1. The molecule has 3 aromatic carbocycles. The van der Waals surface area contributed by atoms with Crippen LogP contribution in [-0.2, 0) is 19.1 Å². The molecule has 6 aliphatic heterocycles. The predicted octanol–water partition coefficient (Wildman–Crippen LogP) is 9.91. The van der Waals surface area contributed by atoms with Gasteiger partial charge < -0.3 is 39.8 Å². The van der Waals surface area contributed by atoms with Crippen LogP contribution in [-0.4, -0.2) is 189 Å². The number of carbonyl (C=O) groups excluding carboxylic acids is 5. The summed E-state index contributed by atoms with van der Waals surface area (Å²) in [5.74, 6) is -3.24. The van der Waals surface area contributed by atoms with Gasteiger partial charge in [0.1, 0.15) is 35.3 Å². The van der Waals surface area contributed by atoms with E-state index in [-0.39, 0.29) is 74.7 Å². The van der Waals surface area contributed by atoms with Crippen molar-refractivity contribution >= 4 is 116 Å². The first-order valence-electron chi connectivity index (χ1n) is 30.5. The number of esters is 2. The van der Waals surface area contributed by atoms with Crippen LogP contribution >= 0.6 is 57.2 Å². The Bertz CT molecular complexity index is 4660. The molecule has 0 radical (unpaired) electrons. The van der Waals surface area contributed by atoms with E-state index in [1.807, 2.05) is 15.7 Å². The van der Waals surface area contributed by atoms with Crippen molar-refractivity contribution in [2.24, 2.45) is 9.98 Å². The van der Waals surface area contributed by atoms with E-state index in [0.717, 1.165) is 6.07 Å². The lowest BCUT2D eigenvalue weighted by Gasteiger charge is -2.38. The lowest BCUT2D eigenvalue weighted by Crippen LogP contribution is -2.53. The first-order chi connectivity index (χ1) is 47.8. The number of piperazine rings is 2. The number of hydrogen-bond donors (Lipinski definition) is 3. The Hall–Kier alpha value is -10.0. The number of thiazole rings is 3. The SMILES string of the molecule is COC(=O)C1=C(CN2CCN3C(=O)N(c4cc(Oc5ccc(C(=O)O)cc5F)ccn4)C[C@@H]3C2)NC(c2nccs2)=N[C@H]1c1ccc(F)cc1Cl.COC(=O)C1=C(CN2CCN3C(=O)N(c4nc(-c5cncc(C(C)=O)c5)cs4)C[C@@H]3C2)NC(c2nccs2)=N[C@H]1c1ccc(F)cc1Cl. The van der Waals surface area contributed by atoms with Crippen LogP contribution in [0.4, 0.5) is 33.7 Å². The van der Waals surface area contributed by atoms with Gasteiger partial charge in [-0.15, -0.1) is 34.0 Å². The number of nitrogens with one attached hydrogen (secondary N) is 2. The number of nitrogens with zero attached hydrogens (tertiary/aromatic N) is 13. The number of pyridine rings is 2. The number of methoxy groups -OCH3 is 2. The Morgan fingerprint density at radius 3 is 1.73 bits per heavy atom. The van der Waals surface area contributed by atoms with Crippen molar-refractivity contribution < 1.29 is 61.3 Å². The summed E-state index contributed by atoms with van der Waals surface area (Å²) < 4.78 is 58.7. The Balaban J connectivity index is 0.000000178. The van der Waals surface area contributed by atoms with Gasteiger partial charge in [-0.3, -0.25) is 39.4 Å². The fourth-order valence-electron chi connectivity index (χ4n) is 12.3. The van der Waals surface area contributed by atoms with Crippen LogP contribution in [0.25, 0.3) is 11.3 Å². The zero-order valence-electron chi connectivity index (χ0n) is 52.5. The molecule has 5 aromatic heterocycles. The Kier molecular flexibility index (Phi) is 19.7. The molecular formula is C66H56Cl2F3N15O10S3. The van der Waals surface area contributed by atoms with E-state index in [9.17, 15) is 41.9 Å². The maximum atomic E-state index is 14.5. The highest BCUT2D eigenvalue weighted by atomic mass is 35.5. The third-order valence-electron chi connectivity index (χ3n) is 17.0. The number of Topliss-reactive ketones (excluding diaryl/α,β-unsaturated/α-hetero) is 1. The summed E-state index contributed by atoms with van der Waals surface area (Å²) in [6.07, 6.45) is 7.90. The number of halogens is 5. The Morgan fingerprint density at radius 1 is 0.646 bits per heavy atom. The summed E-state index contributed by atoms with van der Waals surface area (Å²) in [5, 5.41) is 23.2. The molecule has 6 aliphatic rings. The number of carboxylic acids is 1. The fourth-order valence-corrected chi connectivity index (χ4v) is 14.9. The number of carbonyl (C=O) groups is 6. The van der Waals surface area contributed by atoms with Crippen LogP contribution in [0.1, 0.15) is 60.9 Å². The van der Waals surface area contributed by atoms with Gasteiger partial charge in [0.2, 0.25) is 0 Å². The van der Waals surface area contributed by atoms with Gasteiger partial charge in [-0.05, 0) is 61.5 Å². The van der Waals surface area contributed by atoms with Crippen LogP contribution in [0.3, 0.4) is 0 Å². The number of aliphatic imine (C=N–C) groups is 2.